The van der Waals surface area contributed by atoms with E-state index in [2.05, 4.69) is 11.8 Å². The molecular formula is C35H42O9. The summed E-state index contributed by atoms with van der Waals surface area (Å²) in [5.74, 6) is -1.68. The van der Waals surface area contributed by atoms with Gasteiger partial charge in [0.15, 0.2) is 17.2 Å². The maximum Gasteiger partial charge on any atom is 0.384 e. The van der Waals surface area contributed by atoms with Crippen LogP contribution in [0.4, 0.5) is 0 Å². The number of phenolic OH excluding ortho intramolecular Hbond substituents is 1. The average molecular weight is 607 g/mol. The molecule has 4 N–H and O–H groups in total. The van der Waals surface area contributed by atoms with Gasteiger partial charge in [-0.3, -0.25) is 14.4 Å². The number of rotatable bonds is 6. The highest BCUT2D eigenvalue weighted by atomic mass is 16.5. The van der Waals surface area contributed by atoms with Gasteiger partial charge in [0.05, 0.1) is 17.7 Å². The van der Waals surface area contributed by atoms with Crippen LogP contribution >= 0.6 is 0 Å². The van der Waals surface area contributed by atoms with Crippen LogP contribution in [0.3, 0.4) is 0 Å². The minimum absolute atomic E-state index is 0.00829. The maximum atomic E-state index is 14.4. The highest BCUT2D eigenvalue weighted by Gasteiger charge is 2.71. The molecule has 0 fully saturated rings. The molecule has 3 aliphatic rings. The van der Waals surface area contributed by atoms with Crippen LogP contribution in [0.25, 0.3) is 0 Å². The molecule has 1 aromatic rings. The van der Waals surface area contributed by atoms with Crippen LogP contribution in [0.15, 0.2) is 28.7 Å². The Bertz CT molecular complexity index is 1600. The molecule has 0 aliphatic heterocycles. The zero-order chi connectivity index (χ0) is 33.1. The number of unbranched alkanes of at least 4 members (excludes halogenated alkanes) is 1. The van der Waals surface area contributed by atoms with Crippen LogP contribution in [0.2, 0.25) is 0 Å². The van der Waals surface area contributed by atoms with Gasteiger partial charge in [-0.25, -0.2) is 4.79 Å². The van der Waals surface area contributed by atoms with Gasteiger partial charge in [0.2, 0.25) is 5.78 Å². The van der Waals surface area contributed by atoms with Crippen LogP contribution in [-0.2, 0) is 25.5 Å². The Morgan fingerprint density at radius 2 is 1.75 bits per heavy atom. The Hall–Kier alpha value is -3.90. The number of hydrogen-bond acceptors (Lipinski definition) is 9. The van der Waals surface area contributed by atoms with E-state index < -0.39 is 68.5 Å². The number of Topliss-reactive ketones (excluding diaryl/α,β-unsaturated/α-hetero) is 3. The van der Waals surface area contributed by atoms with Gasteiger partial charge in [0.1, 0.15) is 22.8 Å². The summed E-state index contributed by atoms with van der Waals surface area (Å²) in [7, 11) is 0. The fourth-order valence-corrected chi connectivity index (χ4v) is 7.90. The number of phenols is 1. The number of aliphatic hydroxyl groups is 3. The zero-order valence-corrected chi connectivity index (χ0v) is 26.7. The molecule has 4 rings (SSSR count). The first-order valence-corrected chi connectivity index (χ1v) is 15.2. The molecule has 3 aliphatic carbocycles. The van der Waals surface area contributed by atoms with Gasteiger partial charge in [0, 0.05) is 28.2 Å². The fraction of sp³-hybridized carbons (Fsp3) is 0.543. The Morgan fingerprint density at radius 3 is 2.30 bits per heavy atom. The van der Waals surface area contributed by atoms with Crippen molar-refractivity contribution in [1.29, 1.82) is 0 Å². The lowest BCUT2D eigenvalue weighted by molar-refractivity contribution is -0.171. The Labute approximate surface area is 258 Å². The Balaban J connectivity index is 1.98. The van der Waals surface area contributed by atoms with Gasteiger partial charge in [0.25, 0.3) is 0 Å². The van der Waals surface area contributed by atoms with Crippen LogP contribution in [0.1, 0.15) is 108 Å². The van der Waals surface area contributed by atoms with Crippen molar-refractivity contribution in [3.8, 4) is 17.6 Å². The molecule has 0 heterocycles. The van der Waals surface area contributed by atoms with Gasteiger partial charge in [-0.2, -0.15) is 0 Å². The lowest BCUT2D eigenvalue weighted by Gasteiger charge is -2.59. The van der Waals surface area contributed by atoms with E-state index in [1.165, 1.54) is 0 Å². The number of aromatic hydroxyl groups is 1. The topological polar surface area (TPSA) is 158 Å². The van der Waals surface area contributed by atoms with Crippen LogP contribution < -0.4 is 0 Å². The molecule has 9 nitrogen and oxygen atoms in total. The molecule has 0 radical (unpaired) electrons. The largest absolute Gasteiger partial charge is 0.511 e. The Morgan fingerprint density at radius 1 is 1.11 bits per heavy atom. The number of fused-ring (bicyclic) bond motifs is 3. The number of aliphatic hydroxyl groups excluding tert-OH is 2. The summed E-state index contributed by atoms with van der Waals surface area (Å²) in [6.07, 6.45) is 1.68. The van der Waals surface area contributed by atoms with Crippen molar-refractivity contribution in [2.75, 3.05) is 6.61 Å². The zero-order valence-electron chi connectivity index (χ0n) is 26.7. The summed E-state index contributed by atoms with van der Waals surface area (Å²) in [6, 6.07) is 1.64. The minimum atomic E-state index is -2.69. The average Bonchev–Trinajstić information content (AvgIpc) is 2.89. The molecule has 9 heteroatoms. The molecule has 0 saturated carbocycles. The molecule has 0 amide bonds. The summed E-state index contributed by atoms with van der Waals surface area (Å²) in [5, 5.41) is 46.7. The third-order valence-corrected chi connectivity index (χ3v) is 9.69. The number of benzene rings is 1. The van der Waals surface area contributed by atoms with Crippen molar-refractivity contribution < 1.29 is 44.3 Å². The molecule has 0 saturated heterocycles. The van der Waals surface area contributed by atoms with Crippen LogP contribution in [0.5, 0.6) is 5.75 Å². The smallest absolute Gasteiger partial charge is 0.384 e. The highest BCUT2D eigenvalue weighted by Crippen LogP contribution is 2.65. The van der Waals surface area contributed by atoms with Crippen LogP contribution in [0, 0.1) is 34.5 Å². The maximum absolute atomic E-state index is 14.4. The molecule has 1 unspecified atom stereocenters. The van der Waals surface area contributed by atoms with Gasteiger partial charge < -0.3 is 25.2 Å². The predicted octanol–water partition coefficient (Wildman–Crippen LogP) is 5.16. The number of allylic oxidation sites excluding steroid dienone is 2. The summed E-state index contributed by atoms with van der Waals surface area (Å²) in [4.78, 5) is 53.0. The van der Waals surface area contributed by atoms with Crippen LogP contribution in [-0.4, -0.2) is 56.0 Å². The molecule has 4 atom stereocenters. The highest BCUT2D eigenvalue weighted by molar-refractivity contribution is 6.25. The predicted molar refractivity (Wildman–Crippen MR) is 162 cm³/mol. The summed E-state index contributed by atoms with van der Waals surface area (Å²) in [5.41, 5.74) is -4.99. The second kappa shape index (κ2) is 11.2. The van der Waals surface area contributed by atoms with E-state index in [4.69, 9.17) is 4.74 Å². The van der Waals surface area contributed by atoms with Crippen molar-refractivity contribution >= 4 is 23.3 Å². The first-order valence-electron chi connectivity index (χ1n) is 15.2. The van der Waals surface area contributed by atoms with Gasteiger partial charge in [-0.05, 0) is 55.2 Å². The van der Waals surface area contributed by atoms with E-state index >= 15 is 0 Å². The van der Waals surface area contributed by atoms with E-state index in [0.29, 0.717) is 17.5 Å². The number of ketones is 3. The third-order valence-electron chi connectivity index (χ3n) is 9.69. The lowest BCUT2D eigenvalue weighted by Crippen LogP contribution is -2.67. The summed E-state index contributed by atoms with van der Waals surface area (Å²) in [6.45, 7) is 14.0. The SMILES string of the molecule is CCCCOC(=O)C#Cc1cc(C(C)C)c2c(c1O)C(=O)C1=C(O)[C@@]3(O)C(=O)C(C(C)=O)=C(O)C(C(C)C)[C@@]3(C)C[C@@]1(C)C2. The first kappa shape index (κ1) is 33.0. The van der Waals surface area contributed by atoms with Crippen molar-refractivity contribution in [3.63, 3.8) is 0 Å². The quantitative estimate of drug-likeness (QED) is 0.148. The molecule has 44 heavy (non-hydrogen) atoms. The van der Waals surface area contributed by atoms with Crippen molar-refractivity contribution in [1.82, 2.24) is 0 Å². The first-order chi connectivity index (χ1) is 20.4. The van der Waals surface area contributed by atoms with Crippen molar-refractivity contribution in [3.05, 3.63) is 51.0 Å². The van der Waals surface area contributed by atoms with E-state index in [1.807, 2.05) is 20.8 Å². The standard InChI is InChI=1S/C35H42O9/c1-9-10-13-44-23(37)12-11-20-14-21(17(2)3)22-15-33(7)16-34(8)26(18(4)5)29(39)24(19(6)36)31(41)35(34,43)32(42)27(33)30(40)25(22)28(20)38/h14,17-18,26,38-39,42-43H,9-10,13,15-16H2,1-8H3/t26?,33-,34-,35+/m1/s1. The number of hydrogen-bond donors (Lipinski definition) is 4. The van der Waals surface area contributed by atoms with Crippen molar-refractivity contribution in [2.24, 2.45) is 22.7 Å². The number of carbonyl (C=O) groups excluding carboxylic acids is 4. The second-order valence-corrected chi connectivity index (χ2v) is 13.6. The van der Waals surface area contributed by atoms with Gasteiger partial charge >= 0.3 is 5.97 Å². The lowest BCUT2D eigenvalue weighted by atomic mass is 9.44. The van der Waals surface area contributed by atoms with Gasteiger partial charge in [-0.1, -0.05) is 60.8 Å². The molecule has 236 valence electrons. The van der Waals surface area contributed by atoms with E-state index in [1.54, 1.807) is 33.8 Å². The summed E-state index contributed by atoms with van der Waals surface area (Å²) >= 11 is 0. The number of carbonyl (C=O) groups is 4. The second-order valence-electron chi connectivity index (χ2n) is 13.6. The van der Waals surface area contributed by atoms with Crippen molar-refractivity contribution in [2.45, 2.75) is 92.6 Å². The van der Waals surface area contributed by atoms with E-state index in [0.717, 1.165) is 13.3 Å². The van der Waals surface area contributed by atoms with E-state index in [-0.39, 0.29) is 48.0 Å². The van der Waals surface area contributed by atoms with E-state index in [9.17, 15) is 39.6 Å². The fourth-order valence-electron chi connectivity index (χ4n) is 7.90. The number of ether oxygens (including phenoxy) is 1. The minimum Gasteiger partial charge on any atom is -0.511 e. The normalized spacial score (nSPS) is 27.9. The Kier molecular flexibility index (Phi) is 8.42. The molecule has 0 aromatic heterocycles. The monoisotopic (exact) mass is 606 g/mol. The third kappa shape index (κ3) is 4.66. The van der Waals surface area contributed by atoms with Gasteiger partial charge in [-0.15, -0.1) is 0 Å². The molecule has 0 spiro atoms. The summed E-state index contributed by atoms with van der Waals surface area (Å²) < 4.78 is 5.09. The molecule has 1 aromatic carbocycles. The molecular weight excluding hydrogens is 564 g/mol. The number of esters is 1. The molecule has 0 bridgehead atoms.